The van der Waals surface area contributed by atoms with Gasteiger partial charge in [0.2, 0.25) is 0 Å². The molecule has 0 aliphatic carbocycles. The highest BCUT2D eigenvalue weighted by molar-refractivity contribution is 9.10. The Hall–Kier alpha value is -1.19. The molecule has 0 aliphatic rings. The van der Waals surface area contributed by atoms with E-state index in [2.05, 4.69) is 53.3 Å². The molecule has 2 aromatic carbocycles. The third-order valence-corrected chi connectivity index (χ3v) is 4.28. The number of ether oxygens (including phenoxy) is 1. The van der Waals surface area contributed by atoms with Crippen LogP contribution in [0.4, 0.5) is 5.69 Å². The Labute approximate surface area is 139 Å². The van der Waals surface area contributed by atoms with Crippen LogP contribution in [-0.4, -0.2) is 6.61 Å². The molecule has 0 bridgehead atoms. The van der Waals surface area contributed by atoms with Crippen LogP contribution in [0.2, 0.25) is 5.02 Å². The van der Waals surface area contributed by atoms with Crippen LogP contribution in [0.25, 0.3) is 0 Å². The lowest BCUT2D eigenvalue weighted by Crippen LogP contribution is -2.00. The van der Waals surface area contributed by atoms with Gasteiger partial charge in [-0.2, -0.15) is 0 Å². The van der Waals surface area contributed by atoms with Crippen LogP contribution >= 0.6 is 27.5 Å². The molecule has 0 atom stereocenters. The van der Waals surface area contributed by atoms with Gasteiger partial charge in [-0.05, 0) is 48.7 Å². The van der Waals surface area contributed by atoms with Crippen LogP contribution in [-0.2, 0) is 6.54 Å². The van der Waals surface area contributed by atoms with Crippen LogP contribution in [0.1, 0.15) is 24.5 Å². The van der Waals surface area contributed by atoms with E-state index >= 15 is 0 Å². The summed E-state index contributed by atoms with van der Waals surface area (Å²) < 4.78 is 6.69. The fourth-order valence-corrected chi connectivity index (χ4v) is 2.55. The summed E-state index contributed by atoms with van der Waals surface area (Å²) in [6, 6.07) is 12.1. The summed E-state index contributed by atoms with van der Waals surface area (Å²) in [5, 5.41) is 4.01. The Bertz CT molecular complexity index is 616. The Balaban J connectivity index is 1.99. The van der Waals surface area contributed by atoms with Crippen LogP contribution in [0.3, 0.4) is 0 Å². The second kappa shape index (κ2) is 7.71. The lowest BCUT2D eigenvalue weighted by Gasteiger charge is -2.11. The number of hydrogen-bond acceptors (Lipinski definition) is 2. The Morgan fingerprint density at radius 2 is 2.00 bits per heavy atom. The molecule has 0 saturated carbocycles. The van der Waals surface area contributed by atoms with E-state index in [0.29, 0.717) is 11.6 Å². The minimum absolute atomic E-state index is 0.638. The monoisotopic (exact) mass is 367 g/mol. The molecule has 0 fully saturated rings. The van der Waals surface area contributed by atoms with Crippen molar-refractivity contribution in [3.8, 4) is 5.75 Å². The highest BCUT2D eigenvalue weighted by Gasteiger charge is 2.03. The second-order valence-electron chi connectivity index (χ2n) is 4.93. The first-order valence-corrected chi connectivity index (χ1v) is 8.18. The number of halogens is 2. The highest BCUT2D eigenvalue weighted by Crippen LogP contribution is 2.28. The molecule has 2 rings (SSSR count). The van der Waals surface area contributed by atoms with Gasteiger partial charge in [0.25, 0.3) is 0 Å². The van der Waals surface area contributed by atoms with E-state index in [-0.39, 0.29) is 0 Å². The molecule has 0 unspecified atom stereocenters. The van der Waals surface area contributed by atoms with E-state index in [4.69, 9.17) is 16.3 Å². The molecule has 112 valence electrons. The van der Waals surface area contributed by atoms with Crippen molar-refractivity contribution in [1.82, 2.24) is 0 Å². The molecule has 0 heterocycles. The topological polar surface area (TPSA) is 21.3 Å². The van der Waals surface area contributed by atoms with Crippen LogP contribution < -0.4 is 10.1 Å². The van der Waals surface area contributed by atoms with E-state index in [0.717, 1.165) is 28.9 Å². The predicted molar refractivity (Wildman–Crippen MR) is 93.4 cm³/mol. The van der Waals surface area contributed by atoms with Crippen LogP contribution in [0.15, 0.2) is 40.9 Å². The van der Waals surface area contributed by atoms with Gasteiger partial charge in [-0.3, -0.25) is 0 Å². The molecule has 0 saturated heterocycles. The lowest BCUT2D eigenvalue weighted by molar-refractivity contribution is 0.317. The molecule has 0 spiro atoms. The van der Waals surface area contributed by atoms with E-state index in [1.807, 2.05) is 18.2 Å². The highest BCUT2D eigenvalue weighted by atomic mass is 79.9. The minimum atomic E-state index is 0.638. The van der Waals surface area contributed by atoms with Crippen LogP contribution in [0.5, 0.6) is 5.75 Å². The van der Waals surface area contributed by atoms with Crippen molar-refractivity contribution >= 4 is 33.2 Å². The van der Waals surface area contributed by atoms with Gasteiger partial charge < -0.3 is 10.1 Å². The molecule has 0 amide bonds. The SMILES string of the molecule is CCCOc1ccc(NCc2ccc(C)c(Br)c2)cc1Cl. The van der Waals surface area contributed by atoms with Gasteiger partial charge in [-0.15, -0.1) is 0 Å². The van der Waals surface area contributed by atoms with Crippen molar-refractivity contribution in [2.24, 2.45) is 0 Å². The third kappa shape index (κ3) is 4.65. The van der Waals surface area contributed by atoms with Crippen molar-refractivity contribution in [1.29, 1.82) is 0 Å². The second-order valence-corrected chi connectivity index (χ2v) is 6.19. The molecule has 0 aliphatic heterocycles. The third-order valence-electron chi connectivity index (χ3n) is 3.13. The van der Waals surface area contributed by atoms with Gasteiger partial charge in [0, 0.05) is 16.7 Å². The number of anilines is 1. The van der Waals surface area contributed by atoms with Gasteiger partial charge in [0.05, 0.1) is 11.6 Å². The van der Waals surface area contributed by atoms with E-state index in [1.54, 1.807) is 0 Å². The average molecular weight is 369 g/mol. The maximum Gasteiger partial charge on any atom is 0.138 e. The summed E-state index contributed by atoms with van der Waals surface area (Å²) in [5.41, 5.74) is 3.44. The first-order chi connectivity index (χ1) is 10.1. The number of benzene rings is 2. The van der Waals surface area contributed by atoms with Crippen LogP contribution in [0, 0.1) is 6.92 Å². The summed E-state index contributed by atoms with van der Waals surface area (Å²) in [7, 11) is 0. The zero-order chi connectivity index (χ0) is 15.2. The molecule has 0 aromatic heterocycles. The summed E-state index contributed by atoms with van der Waals surface area (Å²) in [4.78, 5) is 0. The number of aryl methyl sites for hydroxylation is 1. The zero-order valence-corrected chi connectivity index (χ0v) is 14.6. The van der Waals surface area contributed by atoms with E-state index in [1.165, 1.54) is 11.1 Å². The molecular weight excluding hydrogens is 350 g/mol. The summed E-state index contributed by atoms with van der Waals surface area (Å²) in [5.74, 6) is 0.738. The quantitative estimate of drug-likeness (QED) is 0.694. The maximum atomic E-state index is 6.22. The molecule has 1 N–H and O–H groups in total. The predicted octanol–water partition coefficient (Wildman–Crippen LogP) is 5.81. The normalized spacial score (nSPS) is 10.5. The molecule has 4 heteroatoms. The van der Waals surface area contributed by atoms with Gasteiger partial charge in [-0.1, -0.05) is 46.6 Å². The molecule has 2 aromatic rings. The van der Waals surface area contributed by atoms with Crippen molar-refractivity contribution in [2.45, 2.75) is 26.8 Å². The Morgan fingerprint density at radius 3 is 2.67 bits per heavy atom. The van der Waals surface area contributed by atoms with Gasteiger partial charge in [0.1, 0.15) is 5.75 Å². The first-order valence-electron chi connectivity index (χ1n) is 7.01. The average Bonchev–Trinajstić information content (AvgIpc) is 2.47. The standard InChI is InChI=1S/C17H19BrClNO/c1-3-8-21-17-7-6-14(10-16(17)19)20-11-13-5-4-12(2)15(18)9-13/h4-7,9-10,20H,3,8,11H2,1-2H3. The lowest BCUT2D eigenvalue weighted by atomic mass is 10.1. The first kappa shape index (κ1) is 16.2. The van der Waals surface area contributed by atoms with Crippen molar-refractivity contribution in [3.05, 3.63) is 57.0 Å². The number of nitrogens with one attached hydrogen (secondary N) is 1. The molecule has 0 radical (unpaired) electrons. The molecule has 2 nitrogen and oxygen atoms in total. The van der Waals surface area contributed by atoms with Gasteiger partial charge >= 0.3 is 0 Å². The summed E-state index contributed by atoms with van der Waals surface area (Å²) >= 11 is 9.77. The smallest absolute Gasteiger partial charge is 0.138 e. The fraction of sp³-hybridized carbons (Fsp3) is 0.294. The van der Waals surface area contributed by atoms with Crippen molar-refractivity contribution in [3.63, 3.8) is 0 Å². The van der Waals surface area contributed by atoms with E-state index < -0.39 is 0 Å². The van der Waals surface area contributed by atoms with Crippen molar-refractivity contribution < 1.29 is 4.74 Å². The van der Waals surface area contributed by atoms with E-state index in [9.17, 15) is 0 Å². The van der Waals surface area contributed by atoms with Crippen molar-refractivity contribution in [2.75, 3.05) is 11.9 Å². The number of rotatable bonds is 6. The summed E-state index contributed by atoms with van der Waals surface area (Å²) in [6.45, 7) is 5.59. The molecular formula is C17H19BrClNO. The summed E-state index contributed by atoms with van der Waals surface area (Å²) in [6.07, 6.45) is 0.971. The fourth-order valence-electron chi connectivity index (χ4n) is 1.89. The Kier molecular flexibility index (Phi) is 5.95. The maximum absolute atomic E-state index is 6.22. The molecule has 21 heavy (non-hydrogen) atoms. The largest absolute Gasteiger partial charge is 0.492 e. The minimum Gasteiger partial charge on any atom is -0.492 e. The van der Waals surface area contributed by atoms with Gasteiger partial charge in [-0.25, -0.2) is 0 Å². The van der Waals surface area contributed by atoms with Gasteiger partial charge in [0.15, 0.2) is 0 Å². The zero-order valence-electron chi connectivity index (χ0n) is 12.2. The number of hydrogen-bond donors (Lipinski definition) is 1. The Morgan fingerprint density at radius 1 is 1.19 bits per heavy atom.